The topological polar surface area (TPSA) is 38.0 Å². The second-order valence-corrected chi connectivity index (χ2v) is 5.97. The molecule has 1 aromatic rings. The largest absolute Gasteiger partial charge is 0.392 e. The van der Waals surface area contributed by atoms with Crippen LogP contribution in [0.3, 0.4) is 0 Å². The molecule has 0 aliphatic heterocycles. The molecule has 0 amide bonds. The number of hydrogen-bond donors (Lipinski definition) is 1. The van der Waals surface area contributed by atoms with Gasteiger partial charge >= 0.3 is 0 Å². The summed E-state index contributed by atoms with van der Waals surface area (Å²) in [5.41, 5.74) is 2.23. The summed E-state index contributed by atoms with van der Waals surface area (Å²) in [4.78, 5) is 0. The summed E-state index contributed by atoms with van der Waals surface area (Å²) in [6, 6.07) is 2.09. The van der Waals surface area contributed by atoms with Gasteiger partial charge in [-0.1, -0.05) is 20.8 Å². The highest BCUT2D eigenvalue weighted by Gasteiger charge is 2.10. The second kappa shape index (κ2) is 7.07. The molecular formula is C13H24N2OS. The van der Waals surface area contributed by atoms with Crippen LogP contribution in [0.5, 0.6) is 0 Å². The zero-order valence-electron chi connectivity index (χ0n) is 11.3. The van der Waals surface area contributed by atoms with Gasteiger partial charge < -0.3 is 5.11 Å². The third-order valence-electron chi connectivity index (χ3n) is 2.60. The van der Waals surface area contributed by atoms with Crippen LogP contribution in [-0.4, -0.2) is 32.5 Å². The van der Waals surface area contributed by atoms with E-state index in [1.54, 1.807) is 0 Å². The van der Waals surface area contributed by atoms with E-state index in [2.05, 4.69) is 31.9 Å². The van der Waals surface area contributed by atoms with Crippen LogP contribution < -0.4 is 0 Å². The highest BCUT2D eigenvalue weighted by molar-refractivity contribution is 7.99. The summed E-state index contributed by atoms with van der Waals surface area (Å²) >= 11 is 1.83. The average molecular weight is 256 g/mol. The smallest absolute Gasteiger partial charge is 0.0685 e. The van der Waals surface area contributed by atoms with Crippen molar-refractivity contribution in [3.8, 4) is 0 Å². The van der Waals surface area contributed by atoms with E-state index < -0.39 is 0 Å². The first-order valence-corrected chi connectivity index (χ1v) is 7.46. The number of hydrogen-bond acceptors (Lipinski definition) is 3. The fourth-order valence-corrected chi connectivity index (χ4v) is 2.67. The van der Waals surface area contributed by atoms with E-state index in [0.29, 0.717) is 12.3 Å². The molecule has 3 nitrogen and oxygen atoms in total. The number of aliphatic hydroxyl groups is 1. The van der Waals surface area contributed by atoms with Gasteiger partial charge in [-0.3, -0.25) is 4.68 Å². The molecule has 1 unspecified atom stereocenters. The summed E-state index contributed by atoms with van der Waals surface area (Å²) in [7, 11) is 1.95. The van der Waals surface area contributed by atoms with Gasteiger partial charge in [-0.15, -0.1) is 0 Å². The fraction of sp³-hybridized carbons (Fsp3) is 0.769. The lowest BCUT2D eigenvalue weighted by atomic mass is 10.2. The van der Waals surface area contributed by atoms with Gasteiger partial charge in [-0.2, -0.15) is 16.9 Å². The van der Waals surface area contributed by atoms with Crippen LogP contribution >= 0.6 is 11.8 Å². The van der Waals surface area contributed by atoms with Gasteiger partial charge in [0.15, 0.2) is 0 Å². The van der Waals surface area contributed by atoms with E-state index in [4.69, 9.17) is 0 Å². The molecule has 17 heavy (non-hydrogen) atoms. The zero-order chi connectivity index (χ0) is 12.8. The molecule has 1 aromatic heterocycles. The van der Waals surface area contributed by atoms with Gasteiger partial charge in [0.05, 0.1) is 11.8 Å². The number of aromatic nitrogens is 2. The summed E-state index contributed by atoms with van der Waals surface area (Å²) in [6.45, 7) is 6.50. The van der Waals surface area contributed by atoms with Crippen LogP contribution in [0.25, 0.3) is 0 Å². The fourth-order valence-electron chi connectivity index (χ4n) is 1.68. The maximum Gasteiger partial charge on any atom is 0.0685 e. The van der Waals surface area contributed by atoms with Crippen molar-refractivity contribution in [3.05, 3.63) is 17.5 Å². The summed E-state index contributed by atoms with van der Waals surface area (Å²) in [5.74, 6) is 2.61. The molecule has 0 aliphatic rings. The van der Waals surface area contributed by atoms with Crippen molar-refractivity contribution in [2.45, 2.75) is 39.7 Å². The Labute approximate surface area is 109 Å². The molecule has 0 saturated heterocycles. The molecule has 1 atom stereocenters. The highest BCUT2D eigenvalue weighted by atomic mass is 32.2. The minimum Gasteiger partial charge on any atom is -0.392 e. The normalized spacial score (nSPS) is 13.3. The van der Waals surface area contributed by atoms with Gasteiger partial charge in [-0.05, 0) is 24.2 Å². The van der Waals surface area contributed by atoms with Crippen LogP contribution in [0.1, 0.15) is 32.2 Å². The zero-order valence-corrected chi connectivity index (χ0v) is 12.1. The van der Waals surface area contributed by atoms with E-state index in [9.17, 15) is 5.11 Å². The molecular weight excluding hydrogens is 232 g/mol. The Balaban J connectivity index is 2.39. The number of thioether (sulfide) groups is 1. The van der Waals surface area contributed by atoms with Crippen molar-refractivity contribution < 1.29 is 5.11 Å². The van der Waals surface area contributed by atoms with Gasteiger partial charge in [-0.25, -0.2) is 0 Å². The highest BCUT2D eigenvalue weighted by Crippen LogP contribution is 2.13. The molecule has 0 aliphatic carbocycles. The first kappa shape index (κ1) is 14.6. The minimum atomic E-state index is -0.265. The predicted octanol–water partition coefficient (Wildman–Crippen LogP) is 2.28. The van der Waals surface area contributed by atoms with E-state index in [1.165, 1.54) is 0 Å². The number of aliphatic hydroxyl groups excluding tert-OH is 1. The van der Waals surface area contributed by atoms with Crippen molar-refractivity contribution >= 4 is 11.8 Å². The maximum atomic E-state index is 9.96. The Morgan fingerprint density at radius 1 is 1.41 bits per heavy atom. The number of nitrogens with zero attached hydrogens (tertiary/aromatic N) is 2. The van der Waals surface area contributed by atoms with Gasteiger partial charge in [0, 0.05) is 24.9 Å². The SMILES string of the molecule is CCc1cc(CC(O)CSCC(C)C)n(C)n1. The maximum absolute atomic E-state index is 9.96. The number of aryl methyl sites for hydroxylation is 2. The van der Waals surface area contributed by atoms with Crippen molar-refractivity contribution in [2.24, 2.45) is 13.0 Å². The molecule has 0 fully saturated rings. The van der Waals surface area contributed by atoms with Crippen molar-refractivity contribution in [3.63, 3.8) is 0 Å². The first-order valence-electron chi connectivity index (χ1n) is 6.30. The van der Waals surface area contributed by atoms with Crippen molar-refractivity contribution in [1.82, 2.24) is 9.78 Å². The first-order chi connectivity index (χ1) is 8.02. The van der Waals surface area contributed by atoms with Gasteiger partial charge in [0.1, 0.15) is 0 Å². The van der Waals surface area contributed by atoms with E-state index in [1.807, 2.05) is 23.5 Å². The number of rotatable bonds is 7. The van der Waals surface area contributed by atoms with E-state index in [-0.39, 0.29) is 6.10 Å². The molecule has 0 radical (unpaired) electrons. The lowest BCUT2D eigenvalue weighted by molar-refractivity contribution is 0.197. The molecule has 0 saturated carbocycles. The summed E-state index contributed by atoms with van der Waals surface area (Å²) < 4.78 is 1.88. The van der Waals surface area contributed by atoms with Gasteiger partial charge in [0.25, 0.3) is 0 Å². The van der Waals surface area contributed by atoms with E-state index >= 15 is 0 Å². The van der Waals surface area contributed by atoms with Crippen LogP contribution in [0.4, 0.5) is 0 Å². The second-order valence-electron chi connectivity index (χ2n) is 4.89. The molecule has 4 heteroatoms. The average Bonchev–Trinajstić information content (AvgIpc) is 2.59. The van der Waals surface area contributed by atoms with Crippen LogP contribution in [0.2, 0.25) is 0 Å². The Morgan fingerprint density at radius 3 is 2.65 bits per heavy atom. The van der Waals surface area contributed by atoms with Crippen molar-refractivity contribution in [2.75, 3.05) is 11.5 Å². The molecule has 0 aromatic carbocycles. The minimum absolute atomic E-state index is 0.265. The quantitative estimate of drug-likeness (QED) is 0.813. The lowest BCUT2D eigenvalue weighted by Crippen LogP contribution is -2.16. The molecule has 1 N–H and O–H groups in total. The molecule has 1 heterocycles. The lowest BCUT2D eigenvalue weighted by Gasteiger charge is -2.11. The molecule has 1 rings (SSSR count). The van der Waals surface area contributed by atoms with E-state index in [0.717, 1.165) is 29.3 Å². The molecule has 98 valence electrons. The predicted molar refractivity (Wildman–Crippen MR) is 74.5 cm³/mol. The Kier molecular flexibility index (Phi) is 6.06. The third-order valence-corrected chi connectivity index (χ3v) is 4.12. The summed E-state index contributed by atoms with van der Waals surface area (Å²) in [5, 5.41) is 14.3. The standard InChI is InChI=1S/C13H24N2OS/c1-5-11-6-12(15(4)14-11)7-13(16)9-17-8-10(2)3/h6,10,13,16H,5,7-9H2,1-4H3. The monoisotopic (exact) mass is 256 g/mol. The van der Waals surface area contributed by atoms with Crippen LogP contribution in [-0.2, 0) is 19.9 Å². The Morgan fingerprint density at radius 2 is 2.12 bits per heavy atom. The third kappa shape index (κ3) is 5.13. The molecule has 0 spiro atoms. The van der Waals surface area contributed by atoms with Gasteiger partial charge in [0.2, 0.25) is 0 Å². The summed E-state index contributed by atoms with van der Waals surface area (Å²) in [6.07, 6.45) is 1.39. The van der Waals surface area contributed by atoms with Crippen LogP contribution in [0.15, 0.2) is 6.07 Å². The molecule has 0 bridgehead atoms. The van der Waals surface area contributed by atoms with Crippen molar-refractivity contribution in [1.29, 1.82) is 0 Å². The Bertz CT molecular complexity index is 336. The Hall–Kier alpha value is -0.480. The van der Waals surface area contributed by atoms with Crippen LogP contribution in [0, 0.1) is 5.92 Å².